The highest BCUT2D eigenvalue weighted by molar-refractivity contribution is 7.89. The van der Waals surface area contributed by atoms with Gasteiger partial charge in [-0.3, -0.25) is 14.0 Å². The third kappa shape index (κ3) is 3.35. The van der Waals surface area contributed by atoms with Crippen LogP contribution >= 0.6 is 0 Å². The number of rotatable bonds is 4. The third-order valence-electron chi connectivity index (χ3n) is 4.52. The molecule has 1 aliphatic rings. The first-order valence-electron chi connectivity index (χ1n) is 8.04. The van der Waals surface area contributed by atoms with E-state index in [2.05, 4.69) is 4.98 Å². The van der Waals surface area contributed by atoms with E-state index in [1.165, 1.54) is 35.8 Å². The third-order valence-corrected chi connectivity index (χ3v) is 6.48. The number of sulfonamides is 1. The molecule has 0 aromatic carbocycles. The van der Waals surface area contributed by atoms with Crippen molar-refractivity contribution >= 4 is 21.6 Å². The lowest BCUT2D eigenvalue weighted by Crippen LogP contribution is -2.35. The van der Waals surface area contributed by atoms with Gasteiger partial charge in [-0.1, -0.05) is 6.07 Å². The summed E-state index contributed by atoms with van der Waals surface area (Å²) >= 11 is 0. The Morgan fingerprint density at radius 1 is 1.35 bits per heavy atom. The second-order valence-electron chi connectivity index (χ2n) is 6.50. The van der Waals surface area contributed by atoms with Gasteiger partial charge < -0.3 is 10.0 Å². The molecule has 0 radical (unpaired) electrons. The first-order valence-corrected chi connectivity index (χ1v) is 9.65. The number of likely N-dealkylation sites (tertiary alicyclic amines) is 1. The summed E-state index contributed by atoms with van der Waals surface area (Å²) in [4.78, 5) is 30.6. The van der Waals surface area contributed by atoms with Crippen LogP contribution in [0, 0.1) is 5.92 Å². The van der Waals surface area contributed by atoms with E-state index < -0.39 is 33.5 Å². The second kappa shape index (κ2) is 6.78. The maximum Gasteiger partial charge on any atom is 0.270 e. The number of fused-ring (bicyclic) bond motifs is 1. The Balaban J connectivity index is 1.84. The number of pyridine rings is 1. The summed E-state index contributed by atoms with van der Waals surface area (Å²) in [5.41, 5.74) is -0.193. The Hall–Kier alpha value is -2.30. The normalized spacial score (nSPS) is 20.8. The summed E-state index contributed by atoms with van der Waals surface area (Å²) in [6.45, 7) is 0.0351. The molecule has 1 amide bonds. The molecule has 140 valence electrons. The minimum atomic E-state index is -3.51. The van der Waals surface area contributed by atoms with Crippen LogP contribution in [0.4, 0.5) is 0 Å². The van der Waals surface area contributed by atoms with Crippen molar-refractivity contribution in [2.24, 2.45) is 5.92 Å². The Labute approximate surface area is 150 Å². The largest absolute Gasteiger partial charge is 0.391 e. The molecule has 1 fully saturated rings. The molecule has 0 unspecified atom stereocenters. The average molecular weight is 380 g/mol. The highest BCUT2D eigenvalue weighted by atomic mass is 32.2. The number of carbonyl (C=O) groups is 1. The molecule has 1 N–H and O–H groups in total. The zero-order valence-electron chi connectivity index (χ0n) is 14.4. The van der Waals surface area contributed by atoms with E-state index in [0.29, 0.717) is 5.65 Å². The van der Waals surface area contributed by atoms with E-state index in [0.717, 1.165) is 4.31 Å². The van der Waals surface area contributed by atoms with Gasteiger partial charge in [0.15, 0.2) is 0 Å². The van der Waals surface area contributed by atoms with Gasteiger partial charge in [-0.15, -0.1) is 0 Å². The maximum absolute atomic E-state index is 12.7. The van der Waals surface area contributed by atoms with Crippen LogP contribution in [0.1, 0.15) is 10.4 Å². The van der Waals surface area contributed by atoms with Crippen LogP contribution in [0.2, 0.25) is 0 Å². The highest BCUT2D eigenvalue weighted by Gasteiger charge is 2.38. The first kappa shape index (κ1) is 18.5. The van der Waals surface area contributed by atoms with Crippen molar-refractivity contribution < 1.29 is 18.3 Å². The first-order chi connectivity index (χ1) is 12.2. The van der Waals surface area contributed by atoms with Gasteiger partial charge in [-0.2, -0.15) is 0 Å². The van der Waals surface area contributed by atoms with Crippen LogP contribution in [0.25, 0.3) is 5.65 Å². The summed E-state index contributed by atoms with van der Waals surface area (Å²) in [5.74, 6) is -1.44. The molecule has 1 saturated heterocycles. The number of hydrogen-bond donors (Lipinski definition) is 1. The van der Waals surface area contributed by atoms with Gasteiger partial charge in [0.05, 0.1) is 11.9 Å². The fourth-order valence-electron chi connectivity index (χ4n) is 2.95. The maximum atomic E-state index is 12.7. The number of nitrogens with zero attached hydrogens (tertiary/aromatic N) is 4. The summed E-state index contributed by atoms with van der Waals surface area (Å²) in [6, 6.07) is 5.04. The molecule has 9 nitrogen and oxygen atoms in total. The van der Waals surface area contributed by atoms with Gasteiger partial charge in [-0.05, 0) is 12.1 Å². The molecular formula is C16H20N4O5S. The molecule has 3 heterocycles. The lowest BCUT2D eigenvalue weighted by molar-refractivity contribution is 0.0762. The van der Waals surface area contributed by atoms with Crippen LogP contribution in [0.3, 0.4) is 0 Å². The van der Waals surface area contributed by atoms with E-state index >= 15 is 0 Å². The van der Waals surface area contributed by atoms with Crippen LogP contribution in [-0.2, 0) is 10.0 Å². The van der Waals surface area contributed by atoms with Gasteiger partial charge in [-0.25, -0.2) is 17.7 Å². The van der Waals surface area contributed by atoms with E-state index in [1.54, 1.807) is 18.2 Å². The highest BCUT2D eigenvalue weighted by Crippen LogP contribution is 2.21. The molecule has 0 spiro atoms. The van der Waals surface area contributed by atoms with Gasteiger partial charge in [0.25, 0.3) is 11.5 Å². The van der Waals surface area contributed by atoms with E-state index in [9.17, 15) is 23.1 Å². The average Bonchev–Trinajstić information content (AvgIpc) is 2.95. The van der Waals surface area contributed by atoms with Crippen molar-refractivity contribution in [1.29, 1.82) is 0 Å². The molecule has 0 bridgehead atoms. The Bertz CT molecular complexity index is 1000. The molecule has 26 heavy (non-hydrogen) atoms. The summed E-state index contributed by atoms with van der Waals surface area (Å²) in [7, 11) is -0.672. The minimum Gasteiger partial charge on any atom is -0.391 e. The van der Waals surface area contributed by atoms with Crippen molar-refractivity contribution in [1.82, 2.24) is 18.6 Å². The molecule has 0 aliphatic carbocycles. The van der Waals surface area contributed by atoms with Crippen molar-refractivity contribution in [2.45, 2.75) is 6.10 Å². The standard InChI is InChI=1S/C16H20N4O5S/c1-18(2)26(24,25)10-11-8-19(9-13(11)21)15(22)12-7-17-14-5-3-4-6-20(14)16(12)23/h3-7,11,13,21H,8-10H2,1-2H3/t11-,13+/m0/s1. The molecule has 3 rings (SSSR count). The molecular weight excluding hydrogens is 360 g/mol. The lowest BCUT2D eigenvalue weighted by atomic mass is 10.1. The summed E-state index contributed by atoms with van der Waals surface area (Å²) < 4.78 is 26.4. The number of carbonyl (C=O) groups excluding carboxylic acids is 1. The van der Waals surface area contributed by atoms with Crippen LogP contribution in [0.15, 0.2) is 35.4 Å². The fraction of sp³-hybridized carbons (Fsp3) is 0.438. The predicted molar refractivity (Wildman–Crippen MR) is 94.3 cm³/mol. The molecule has 2 aromatic heterocycles. The molecule has 1 aliphatic heterocycles. The number of amides is 1. The van der Waals surface area contributed by atoms with Crippen LogP contribution < -0.4 is 5.56 Å². The van der Waals surface area contributed by atoms with Crippen molar-refractivity contribution in [2.75, 3.05) is 32.9 Å². The van der Waals surface area contributed by atoms with E-state index in [4.69, 9.17) is 0 Å². The van der Waals surface area contributed by atoms with E-state index in [-0.39, 0.29) is 24.4 Å². The number of β-amino-alcohol motifs (C(OH)–C–C–N with tert-alkyl or cyclic N) is 1. The van der Waals surface area contributed by atoms with E-state index in [1.807, 2.05) is 0 Å². The van der Waals surface area contributed by atoms with Crippen LogP contribution in [-0.4, -0.2) is 77.1 Å². The quantitative estimate of drug-likeness (QED) is 0.730. The van der Waals surface area contributed by atoms with Crippen LogP contribution in [0.5, 0.6) is 0 Å². The van der Waals surface area contributed by atoms with Gasteiger partial charge in [0.2, 0.25) is 10.0 Å². The zero-order valence-corrected chi connectivity index (χ0v) is 15.3. The van der Waals surface area contributed by atoms with Crippen molar-refractivity contribution in [3.63, 3.8) is 0 Å². The Morgan fingerprint density at radius 3 is 2.77 bits per heavy atom. The summed E-state index contributed by atoms with van der Waals surface area (Å²) in [6.07, 6.45) is 1.77. The zero-order chi connectivity index (χ0) is 19.1. The Morgan fingerprint density at radius 2 is 2.08 bits per heavy atom. The molecule has 10 heteroatoms. The molecule has 2 atom stereocenters. The number of aliphatic hydroxyl groups excluding tert-OH is 1. The summed E-state index contributed by atoms with van der Waals surface area (Å²) in [5, 5.41) is 10.2. The SMILES string of the molecule is CN(C)S(=O)(=O)C[C@@H]1CN(C(=O)c2cnc3ccccn3c2=O)C[C@H]1O. The smallest absolute Gasteiger partial charge is 0.270 e. The molecule has 2 aromatic rings. The van der Waals surface area contributed by atoms with Gasteiger partial charge in [0, 0.05) is 45.5 Å². The topological polar surface area (TPSA) is 112 Å². The van der Waals surface area contributed by atoms with Gasteiger partial charge in [0.1, 0.15) is 11.2 Å². The van der Waals surface area contributed by atoms with Gasteiger partial charge >= 0.3 is 0 Å². The predicted octanol–water partition coefficient (Wildman–Crippen LogP) is -0.981. The number of aromatic nitrogens is 2. The van der Waals surface area contributed by atoms with Crippen molar-refractivity contribution in [3.8, 4) is 0 Å². The minimum absolute atomic E-state index is 0.0244. The van der Waals surface area contributed by atoms with Crippen molar-refractivity contribution in [3.05, 3.63) is 46.5 Å². The fourth-order valence-corrected chi connectivity index (χ4v) is 4.11. The molecule has 0 saturated carbocycles. The second-order valence-corrected chi connectivity index (χ2v) is 8.73. The number of aliphatic hydroxyl groups is 1. The monoisotopic (exact) mass is 380 g/mol. The number of hydrogen-bond acceptors (Lipinski definition) is 6. The lowest BCUT2D eigenvalue weighted by Gasteiger charge is -2.18. The Kier molecular flexibility index (Phi) is 4.82.